The Morgan fingerprint density at radius 1 is 1.38 bits per heavy atom. The van der Waals surface area contributed by atoms with Crippen LogP contribution in [0.1, 0.15) is 11.1 Å². The maximum atomic E-state index is 5.87. The van der Waals surface area contributed by atoms with Crippen molar-refractivity contribution in [3.05, 3.63) is 29.3 Å². The molecule has 1 aromatic carbocycles. The molecule has 1 heterocycles. The normalized spacial score (nSPS) is 16.1. The summed E-state index contributed by atoms with van der Waals surface area (Å²) in [6, 6.07) is 6.19. The molecular formula is C10H15ClN2. The van der Waals surface area contributed by atoms with Crippen LogP contribution >= 0.6 is 12.4 Å². The van der Waals surface area contributed by atoms with E-state index in [1.165, 1.54) is 11.1 Å². The van der Waals surface area contributed by atoms with Gasteiger partial charge in [-0.05, 0) is 30.7 Å². The third kappa shape index (κ3) is 1.95. The number of likely N-dealkylation sites (N-methyl/N-ethyl adjacent to an activating group) is 1. The minimum atomic E-state index is 0. The fourth-order valence-corrected chi connectivity index (χ4v) is 1.78. The number of benzene rings is 1. The molecule has 0 radical (unpaired) electrons. The number of nitrogen functional groups attached to an aromatic ring is 1. The minimum absolute atomic E-state index is 0. The summed E-state index contributed by atoms with van der Waals surface area (Å²) in [6.07, 6.45) is 1.10. The van der Waals surface area contributed by atoms with E-state index in [4.69, 9.17) is 5.73 Å². The monoisotopic (exact) mass is 198 g/mol. The van der Waals surface area contributed by atoms with Gasteiger partial charge in [-0.15, -0.1) is 12.4 Å². The Balaban J connectivity index is 0.000000845. The maximum absolute atomic E-state index is 5.87. The Morgan fingerprint density at radius 3 is 2.92 bits per heavy atom. The van der Waals surface area contributed by atoms with Crippen LogP contribution in [0.4, 0.5) is 5.69 Å². The van der Waals surface area contributed by atoms with Crippen molar-refractivity contribution in [2.24, 2.45) is 0 Å². The average Bonchev–Trinajstić information content (AvgIpc) is 2.04. The molecule has 13 heavy (non-hydrogen) atoms. The van der Waals surface area contributed by atoms with E-state index < -0.39 is 0 Å². The molecule has 0 unspecified atom stereocenters. The molecule has 2 nitrogen and oxygen atoms in total. The van der Waals surface area contributed by atoms with E-state index in [0.717, 1.165) is 25.2 Å². The number of anilines is 1. The van der Waals surface area contributed by atoms with Gasteiger partial charge in [-0.3, -0.25) is 0 Å². The Labute approximate surface area is 85.1 Å². The van der Waals surface area contributed by atoms with Gasteiger partial charge in [0.05, 0.1) is 0 Å². The smallest absolute Gasteiger partial charge is 0.0350 e. The van der Waals surface area contributed by atoms with Gasteiger partial charge in [0.15, 0.2) is 0 Å². The fourth-order valence-electron chi connectivity index (χ4n) is 1.78. The molecular weight excluding hydrogens is 184 g/mol. The van der Waals surface area contributed by atoms with Crippen molar-refractivity contribution in [2.45, 2.75) is 13.0 Å². The van der Waals surface area contributed by atoms with Crippen LogP contribution in [-0.4, -0.2) is 18.5 Å². The topological polar surface area (TPSA) is 29.3 Å². The third-order valence-corrected chi connectivity index (χ3v) is 2.49. The van der Waals surface area contributed by atoms with Crippen molar-refractivity contribution >= 4 is 18.1 Å². The lowest BCUT2D eigenvalue weighted by Gasteiger charge is -2.25. The van der Waals surface area contributed by atoms with Gasteiger partial charge in [-0.1, -0.05) is 12.1 Å². The predicted molar refractivity (Wildman–Crippen MR) is 58.1 cm³/mol. The SMILES string of the molecule is CN1CCc2c(N)cccc2C1.Cl. The van der Waals surface area contributed by atoms with Gasteiger partial charge in [0.25, 0.3) is 0 Å². The van der Waals surface area contributed by atoms with Crippen LogP contribution in [0.15, 0.2) is 18.2 Å². The molecule has 1 aliphatic heterocycles. The Morgan fingerprint density at radius 2 is 2.15 bits per heavy atom. The predicted octanol–water partition coefficient (Wildman–Crippen LogP) is 1.68. The quantitative estimate of drug-likeness (QED) is 0.643. The van der Waals surface area contributed by atoms with Crippen LogP contribution in [0.3, 0.4) is 0 Å². The number of nitrogens with zero attached hydrogens (tertiary/aromatic N) is 1. The lowest BCUT2D eigenvalue weighted by Crippen LogP contribution is -2.27. The molecule has 2 rings (SSSR count). The van der Waals surface area contributed by atoms with E-state index >= 15 is 0 Å². The third-order valence-electron chi connectivity index (χ3n) is 2.49. The lowest BCUT2D eigenvalue weighted by molar-refractivity contribution is 0.313. The second-order valence-corrected chi connectivity index (χ2v) is 3.47. The number of fused-ring (bicyclic) bond motifs is 1. The number of hydrogen-bond acceptors (Lipinski definition) is 2. The highest BCUT2D eigenvalue weighted by molar-refractivity contribution is 5.85. The molecule has 0 saturated heterocycles. The molecule has 3 heteroatoms. The summed E-state index contributed by atoms with van der Waals surface area (Å²) >= 11 is 0. The van der Waals surface area contributed by atoms with Crippen molar-refractivity contribution < 1.29 is 0 Å². The van der Waals surface area contributed by atoms with E-state index in [9.17, 15) is 0 Å². The van der Waals surface area contributed by atoms with Crippen LogP contribution in [0.5, 0.6) is 0 Å². The second-order valence-electron chi connectivity index (χ2n) is 3.47. The minimum Gasteiger partial charge on any atom is -0.398 e. The Hall–Kier alpha value is -0.730. The number of halogens is 1. The number of nitrogens with two attached hydrogens (primary N) is 1. The van der Waals surface area contributed by atoms with Crippen LogP contribution in [0, 0.1) is 0 Å². The first-order chi connectivity index (χ1) is 5.77. The van der Waals surface area contributed by atoms with Crippen LogP contribution < -0.4 is 5.73 Å². The molecule has 0 aliphatic carbocycles. The summed E-state index contributed by atoms with van der Waals surface area (Å²) in [5.41, 5.74) is 9.58. The first-order valence-electron chi connectivity index (χ1n) is 4.32. The van der Waals surface area contributed by atoms with Crippen LogP contribution in [0.2, 0.25) is 0 Å². The van der Waals surface area contributed by atoms with E-state index in [0.29, 0.717) is 0 Å². The maximum Gasteiger partial charge on any atom is 0.0350 e. The Bertz CT molecular complexity index is 299. The molecule has 0 amide bonds. The molecule has 0 atom stereocenters. The summed E-state index contributed by atoms with van der Waals surface area (Å²) < 4.78 is 0. The standard InChI is InChI=1S/C10H14N2.ClH/c1-12-6-5-9-8(7-12)3-2-4-10(9)11;/h2-4H,5-7,11H2,1H3;1H. The summed E-state index contributed by atoms with van der Waals surface area (Å²) in [5, 5.41) is 0. The van der Waals surface area contributed by atoms with Crippen molar-refractivity contribution in [3.63, 3.8) is 0 Å². The van der Waals surface area contributed by atoms with Gasteiger partial charge in [-0.2, -0.15) is 0 Å². The van der Waals surface area contributed by atoms with E-state index in [1.807, 2.05) is 12.1 Å². The summed E-state index contributed by atoms with van der Waals surface area (Å²) in [6.45, 7) is 2.17. The molecule has 0 fully saturated rings. The molecule has 2 N–H and O–H groups in total. The van der Waals surface area contributed by atoms with Gasteiger partial charge < -0.3 is 10.6 Å². The molecule has 0 spiro atoms. The van der Waals surface area contributed by atoms with Crippen LogP contribution in [-0.2, 0) is 13.0 Å². The molecule has 0 saturated carbocycles. The molecule has 1 aliphatic rings. The van der Waals surface area contributed by atoms with Crippen molar-refractivity contribution in [3.8, 4) is 0 Å². The second kappa shape index (κ2) is 3.99. The molecule has 0 bridgehead atoms. The molecule has 72 valence electrons. The zero-order chi connectivity index (χ0) is 8.55. The lowest BCUT2D eigenvalue weighted by atomic mass is 9.98. The van der Waals surface area contributed by atoms with Gasteiger partial charge in [0, 0.05) is 18.8 Å². The van der Waals surface area contributed by atoms with Gasteiger partial charge in [0.2, 0.25) is 0 Å². The summed E-state index contributed by atoms with van der Waals surface area (Å²) in [4.78, 5) is 2.32. The summed E-state index contributed by atoms with van der Waals surface area (Å²) in [5.74, 6) is 0. The van der Waals surface area contributed by atoms with E-state index in [-0.39, 0.29) is 12.4 Å². The number of hydrogen-bond donors (Lipinski definition) is 1. The fraction of sp³-hybridized carbons (Fsp3) is 0.400. The zero-order valence-electron chi connectivity index (χ0n) is 7.79. The van der Waals surface area contributed by atoms with Crippen molar-refractivity contribution in [2.75, 3.05) is 19.3 Å². The average molecular weight is 199 g/mol. The highest BCUT2D eigenvalue weighted by Gasteiger charge is 2.13. The highest BCUT2D eigenvalue weighted by Crippen LogP contribution is 2.22. The van der Waals surface area contributed by atoms with Gasteiger partial charge in [0.1, 0.15) is 0 Å². The number of rotatable bonds is 0. The molecule has 0 aromatic heterocycles. The Kier molecular flexibility index (Phi) is 3.17. The molecule has 1 aromatic rings. The van der Waals surface area contributed by atoms with Gasteiger partial charge >= 0.3 is 0 Å². The van der Waals surface area contributed by atoms with Crippen molar-refractivity contribution in [1.82, 2.24) is 4.90 Å². The zero-order valence-corrected chi connectivity index (χ0v) is 8.60. The summed E-state index contributed by atoms with van der Waals surface area (Å²) in [7, 11) is 2.14. The van der Waals surface area contributed by atoms with E-state index in [2.05, 4.69) is 18.0 Å². The largest absolute Gasteiger partial charge is 0.398 e. The van der Waals surface area contributed by atoms with Crippen molar-refractivity contribution in [1.29, 1.82) is 0 Å². The van der Waals surface area contributed by atoms with Gasteiger partial charge in [-0.25, -0.2) is 0 Å². The highest BCUT2D eigenvalue weighted by atomic mass is 35.5. The van der Waals surface area contributed by atoms with E-state index in [1.54, 1.807) is 0 Å². The first-order valence-corrected chi connectivity index (χ1v) is 4.32. The van der Waals surface area contributed by atoms with Crippen LogP contribution in [0.25, 0.3) is 0 Å². The first kappa shape index (κ1) is 10.4.